The molecule has 0 aliphatic carbocycles. The quantitative estimate of drug-likeness (QED) is 0.726. The molecule has 7 nitrogen and oxygen atoms in total. The summed E-state index contributed by atoms with van der Waals surface area (Å²) in [5.41, 5.74) is -0.00592. The van der Waals surface area contributed by atoms with Crippen LogP contribution >= 0.6 is 0 Å². The number of amides is 3. The van der Waals surface area contributed by atoms with E-state index in [-0.39, 0.29) is 48.3 Å². The predicted octanol–water partition coefficient (Wildman–Crippen LogP) is 0.666. The number of carbonyl (C=O) groups excluding carboxylic acids is 3. The summed E-state index contributed by atoms with van der Waals surface area (Å²) < 4.78 is 30.2. The maximum Gasteiger partial charge on any atom is 0.255 e. The third kappa shape index (κ3) is 2.60. The maximum atomic E-state index is 15.3. The zero-order valence-electron chi connectivity index (χ0n) is 15.1. The van der Waals surface area contributed by atoms with Crippen LogP contribution in [0.5, 0.6) is 0 Å². The number of hydrogen-bond donors (Lipinski definition) is 2. The van der Waals surface area contributed by atoms with Crippen molar-refractivity contribution in [3.05, 3.63) is 28.8 Å². The smallest absolute Gasteiger partial charge is 0.255 e. The highest BCUT2D eigenvalue weighted by molar-refractivity contribution is 6.05. The number of piperazine rings is 1. The van der Waals surface area contributed by atoms with Gasteiger partial charge in [0.1, 0.15) is 17.5 Å². The van der Waals surface area contributed by atoms with Gasteiger partial charge in [-0.05, 0) is 25.3 Å². The number of fused-ring (bicyclic) bond motifs is 3. The van der Waals surface area contributed by atoms with Gasteiger partial charge in [0, 0.05) is 37.2 Å². The first-order chi connectivity index (χ1) is 13.4. The Morgan fingerprint density at radius 3 is 2.43 bits per heavy atom. The van der Waals surface area contributed by atoms with Crippen LogP contribution in [-0.4, -0.2) is 53.8 Å². The molecular weight excluding hydrogens is 370 g/mol. The van der Waals surface area contributed by atoms with Crippen molar-refractivity contribution in [2.24, 2.45) is 0 Å². The highest BCUT2D eigenvalue weighted by atomic mass is 19.1. The molecule has 4 aliphatic rings. The fourth-order valence-corrected chi connectivity index (χ4v) is 4.89. The Morgan fingerprint density at radius 2 is 1.75 bits per heavy atom. The number of hydrogen-bond acceptors (Lipinski definition) is 5. The van der Waals surface area contributed by atoms with Gasteiger partial charge in [0.15, 0.2) is 5.82 Å². The molecule has 28 heavy (non-hydrogen) atoms. The molecule has 3 unspecified atom stereocenters. The molecule has 2 N–H and O–H groups in total. The summed E-state index contributed by atoms with van der Waals surface area (Å²) in [7, 11) is 0. The average molecular weight is 390 g/mol. The summed E-state index contributed by atoms with van der Waals surface area (Å²) >= 11 is 0. The van der Waals surface area contributed by atoms with Crippen LogP contribution < -0.4 is 15.5 Å². The molecule has 5 rings (SSSR count). The van der Waals surface area contributed by atoms with Gasteiger partial charge in [-0.3, -0.25) is 19.7 Å². The lowest BCUT2D eigenvalue weighted by molar-refractivity contribution is -0.136. The lowest BCUT2D eigenvalue weighted by Crippen LogP contribution is -2.52. The Hall–Kier alpha value is -2.55. The third-order valence-corrected chi connectivity index (χ3v) is 6.23. The molecule has 0 radical (unpaired) electrons. The minimum Gasteiger partial charge on any atom is -0.364 e. The summed E-state index contributed by atoms with van der Waals surface area (Å²) in [6.07, 6.45) is 2.26. The number of benzene rings is 1. The number of carbonyl (C=O) groups is 3. The second-order valence-corrected chi connectivity index (χ2v) is 7.99. The van der Waals surface area contributed by atoms with Crippen LogP contribution in [0.2, 0.25) is 0 Å². The number of nitrogens with one attached hydrogen (secondary N) is 2. The lowest BCUT2D eigenvalue weighted by Gasteiger charge is -2.35. The fourth-order valence-electron chi connectivity index (χ4n) is 4.89. The van der Waals surface area contributed by atoms with Crippen LogP contribution in [0.4, 0.5) is 14.5 Å². The van der Waals surface area contributed by atoms with Gasteiger partial charge in [-0.2, -0.15) is 0 Å². The first-order valence-corrected chi connectivity index (χ1v) is 9.59. The van der Waals surface area contributed by atoms with E-state index in [4.69, 9.17) is 0 Å². The fraction of sp³-hybridized carbons (Fsp3) is 0.526. The summed E-state index contributed by atoms with van der Waals surface area (Å²) in [5, 5.41) is 5.63. The van der Waals surface area contributed by atoms with E-state index >= 15 is 4.39 Å². The van der Waals surface area contributed by atoms with Gasteiger partial charge >= 0.3 is 0 Å². The van der Waals surface area contributed by atoms with Crippen molar-refractivity contribution < 1.29 is 23.2 Å². The lowest BCUT2D eigenvalue weighted by atomic mass is 10.0. The van der Waals surface area contributed by atoms with E-state index < -0.39 is 35.4 Å². The van der Waals surface area contributed by atoms with Crippen LogP contribution in [0.3, 0.4) is 0 Å². The molecule has 3 fully saturated rings. The molecule has 3 atom stereocenters. The Balaban J connectivity index is 1.47. The largest absolute Gasteiger partial charge is 0.364 e. The van der Waals surface area contributed by atoms with Crippen LogP contribution in [0.1, 0.15) is 41.6 Å². The Bertz CT molecular complexity index is 894. The molecule has 2 bridgehead atoms. The van der Waals surface area contributed by atoms with Gasteiger partial charge in [-0.15, -0.1) is 0 Å². The first-order valence-electron chi connectivity index (χ1n) is 9.59. The SMILES string of the molecule is O=C1CCC(N2Cc3c(cc(F)c(N4CC5CCC(C4)N5)c3F)C2=O)C(=O)N1. The molecule has 0 aromatic heterocycles. The van der Waals surface area contributed by atoms with Gasteiger partial charge in [0.2, 0.25) is 11.8 Å². The first kappa shape index (κ1) is 17.5. The Morgan fingerprint density at radius 1 is 1.04 bits per heavy atom. The number of halogens is 2. The molecule has 1 aromatic carbocycles. The number of anilines is 1. The molecule has 9 heteroatoms. The van der Waals surface area contributed by atoms with E-state index in [0.29, 0.717) is 13.1 Å². The maximum absolute atomic E-state index is 15.3. The van der Waals surface area contributed by atoms with Crippen LogP contribution in [0, 0.1) is 11.6 Å². The predicted molar refractivity (Wildman–Crippen MR) is 94.6 cm³/mol. The summed E-state index contributed by atoms with van der Waals surface area (Å²) in [6, 6.07) is 0.671. The second-order valence-electron chi connectivity index (χ2n) is 7.99. The van der Waals surface area contributed by atoms with Crippen molar-refractivity contribution in [3.8, 4) is 0 Å². The van der Waals surface area contributed by atoms with Crippen molar-refractivity contribution in [1.82, 2.24) is 15.5 Å². The standard InChI is InChI=1S/C19H20F2N4O3/c20-13-5-11-12(8-25(19(11)28)14-3-4-15(26)23-18(14)27)16(21)17(13)24-6-9-1-2-10(7-24)22-9/h5,9-10,14,22H,1-4,6-8H2,(H,23,26,27). The molecular formula is C19H20F2N4O3. The van der Waals surface area contributed by atoms with Crippen molar-refractivity contribution in [1.29, 1.82) is 0 Å². The Kier molecular flexibility index (Phi) is 3.90. The highest BCUT2D eigenvalue weighted by Crippen LogP contribution is 2.37. The average Bonchev–Trinajstić information content (AvgIpc) is 3.15. The van der Waals surface area contributed by atoms with E-state index in [9.17, 15) is 18.8 Å². The Labute approximate surface area is 160 Å². The summed E-state index contributed by atoms with van der Waals surface area (Å²) in [4.78, 5) is 39.2. The molecule has 148 valence electrons. The molecule has 3 amide bonds. The summed E-state index contributed by atoms with van der Waals surface area (Å²) in [6.45, 7) is 0.945. The summed E-state index contributed by atoms with van der Waals surface area (Å²) in [5.74, 6) is -3.01. The molecule has 1 aromatic rings. The zero-order chi connectivity index (χ0) is 19.6. The van der Waals surface area contributed by atoms with E-state index in [1.54, 1.807) is 4.90 Å². The number of rotatable bonds is 2. The normalized spacial score (nSPS) is 29.4. The van der Waals surface area contributed by atoms with Crippen LogP contribution in [-0.2, 0) is 16.1 Å². The molecule has 0 saturated carbocycles. The van der Waals surface area contributed by atoms with Gasteiger partial charge in [-0.25, -0.2) is 8.78 Å². The highest BCUT2D eigenvalue weighted by Gasteiger charge is 2.42. The van der Waals surface area contributed by atoms with E-state index in [0.717, 1.165) is 18.9 Å². The zero-order valence-corrected chi connectivity index (χ0v) is 15.1. The topological polar surface area (TPSA) is 81.8 Å². The van der Waals surface area contributed by atoms with E-state index in [1.165, 1.54) is 4.90 Å². The second kappa shape index (κ2) is 6.23. The van der Waals surface area contributed by atoms with Crippen molar-refractivity contribution >= 4 is 23.4 Å². The van der Waals surface area contributed by atoms with Crippen molar-refractivity contribution in [3.63, 3.8) is 0 Å². The number of nitrogens with zero attached hydrogens (tertiary/aromatic N) is 2. The number of piperidine rings is 1. The number of imide groups is 1. The molecule has 0 spiro atoms. The monoisotopic (exact) mass is 390 g/mol. The van der Waals surface area contributed by atoms with E-state index in [2.05, 4.69) is 10.6 Å². The van der Waals surface area contributed by atoms with Crippen molar-refractivity contribution in [2.75, 3.05) is 18.0 Å². The van der Waals surface area contributed by atoms with E-state index in [1.807, 2.05) is 0 Å². The van der Waals surface area contributed by atoms with Crippen LogP contribution in [0.15, 0.2) is 6.07 Å². The van der Waals surface area contributed by atoms with Gasteiger partial charge in [-0.1, -0.05) is 0 Å². The molecule has 4 heterocycles. The minimum absolute atomic E-state index is 0.0402. The third-order valence-electron chi connectivity index (χ3n) is 6.23. The molecule has 4 aliphatic heterocycles. The van der Waals surface area contributed by atoms with Gasteiger partial charge < -0.3 is 15.1 Å². The van der Waals surface area contributed by atoms with Gasteiger partial charge in [0.05, 0.1) is 12.1 Å². The van der Waals surface area contributed by atoms with Gasteiger partial charge in [0.25, 0.3) is 5.91 Å². The molecule has 3 saturated heterocycles. The van der Waals surface area contributed by atoms with Crippen molar-refractivity contribution in [2.45, 2.75) is 50.4 Å². The minimum atomic E-state index is -0.849. The van der Waals surface area contributed by atoms with Crippen LogP contribution in [0.25, 0.3) is 0 Å².